The number of aryl methyl sites for hydroxylation is 3. The van der Waals surface area contributed by atoms with Gasteiger partial charge in [0.15, 0.2) is 0 Å². The van der Waals surface area contributed by atoms with Crippen molar-refractivity contribution < 1.29 is 17.9 Å². The molecule has 1 rings (SSSR count). The number of nitrogens with zero attached hydrogens (tertiary/aromatic N) is 1. The summed E-state index contributed by atoms with van der Waals surface area (Å²) in [5.74, 6) is -0.319. The molecular weight excluding hydrogens is 328 g/mol. The summed E-state index contributed by atoms with van der Waals surface area (Å²) in [6.45, 7) is 8.86. The van der Waals surface area contributed by atoms with E-state index < -0.39 is 10.0 Å². The molecule has 0 fully saturated rings. The predicted octanol–water partition coefficient (Wildman–Crippen LogP) is 1.78. The van der Waals surface area contributed by atoms with E-state index in [-0.39, 0.29) is 17.3 Å². The van der Waals surface area contributed by atoms with E-state index in [0.29, 0.717) is 37.3 Å². The normalized spacial score (nSPS) is 11.8. The maximum atomic E-state index is 12.8. The number of carbonyl (C=O) groups excluding carboxylic acids is 1. The lowest BCUT2D eigenvalue weighted by atomic mass is 10.1. The Kier molecular flexibility index (Phi) is 7.86. The van der Waals surface area contributed by atoms with Crippen molar-refractivity contribution in [3.05, 3.63) is 28.8 Å². The Morgan fingerprint density at radius 2 is 1.79 bits per heavy atom. The first-order chi connectivity index (χ1) is 11.2. The van der Waals surface area contributed by atoms with Gasteiger partial charge in [0.25, 0.3) is 0 Å². The lowest BCUT2D eigenvalue weighted by Gasteiger charge is -2.20. The van der Waals surface area contributed by atoms with E-state index in [9.17, 15) is 13.2 Å². The molecule has 1 N–H and O–H groups in total. The van der Waals surface area contributed by atoms with Crippen LogP contribution in [0.3, 0.4) is 0 Å². The van der Waals surface area contributed by atoms with Gasteiger partial charge in [-0.2, -0.15) is 4.31 Å². The molecule has 0 bridgehead atoms. The van der Waals surface area contributed by atoms with Crippen LogP contribution in [0.1, 0.15) is 30.0 Å². The smallest absolute Gasteiger partial charge is 0.243 e. The molecule has 24 heavy (non-hydrogen) atoms. The van der Waals surface area contributed by atoms with Gasteiger partial charge < -0.3 is 10.1 Å². The molecule has 6 nitrogen and oxygen atoms in total. The molecule has 0 aliphatic rings. The minimum Gasteiger partial charge on any atom is -0.382 e. The van der Waals surface area contributed by atoms with E-state index in [2.05, 4.69) is 5.32 Å². The van der Waals surface area contributed by atoms with Crippen LogP contribution < -0.4 is 5.32 Å². The zero-order chi connectivity index (χ0) is 18.3. The maximum Gasteiger partial charge on any atom is 0.243 e. The third-order valence-electron chi connectivity index (χ3n) is 3.63. The summed E-state index contributed by atoms with van der Waals surface area (Å²) in [7, 11) is -2.28. The van der Waals surface area contributed by atoms with Crippen molar-refractivity contribution in [3.8, 4) is 0 Å². The molecular formula is C17H28N2O4S. The lowest BCUT2D eigenvalue weighted by molar-refractivity contribution is -0.121. The van der Waals surface area contributed by atoms with Crippen LogP contribution in [0.5, 0.6) is 0 Å². The van der Waals surface area contributed by atoms with Gasteiger partial charge in [0.05, 0.1) is 11.4 Å². The monoisotopic (exact) mass is 356 g/mol. The number of likely N-dealkylation sites (N-methyl/N-ethyl adjacent to an activating group) is 1. The number of hydrogen-bond acceptors (Lipinski definition) is 4. The highest BCUT2D eigenvalue weighted by Gasteiger charge is 2.26. The fourth-order valence-corrected chi connectivity index (χ4v) is 4.15. The minimum absolute atomic E-state index is 0.205. The molecule has 0 atom stereocenters. The second-order valence-electron chi connectivity index (χ2n) is 5.89. The van der Waals surface area contributed by atoms with Crippen molar-refractivity contribution in [2.24, 2.45) is 0 Å². The Morgan fingerprint density at radius 3 is 2.33 bits per heavy atom. The van der Waals surface area contributed by atoms with Gasteiger partial charge in [-0.25, -0.2) is 8.42 Å². The number of carbonyl (C=O) groups is 1. The Balaban J connectivity index is 2.73. The van der Waals surface area contributed by atoms with Gasteiger partial charge in [0.2, 0.25) is 15.9 Å². The Morgan fingerprint density at radius 1 is 1.21 bits per heavy atom. The van der Waals surface area contributed by atoms with E-state index in [0.717, 1.165) is 9.87 Å². The summed E-state index contributed by atoms with van der Waals surface area (Å²) in [5.41, 5.74) is 2.39. The van der Waals surface area contributed by atoms with Gasteiger partial charge in [-0.1, -0.05) is 17.7 Å². The Hall–Kier alpha value is -1.44. The minimum atomic E-state index is -3.70. The largest absolute Gasteiger partial charge is 0.382 e. The van der Waals surface area contributed by atoms with Gasteiger partial charge in [-0.05, 0) is 45.2 Å². The van der Waals surface area contributed by atoms with Crippen LogP contribution in [-0.2, 0) is 19.6 Å². The zero-order valence-electron chi connectivity index (χ0n) is 15.2. The first kappa shape index (κ1) is 20.6. The molecule has 0 unspecified atom stereocenters. The summed E-state index contributed by atoms with van der Waals surface area (Å²) in [6, 6.07) is 3.67. The van der Waals surface area contributed by atoms with Crippen LogP contribution in [0, 0.1) is 20.8 Å². The second kappa shape index (κ2) is 9.15. The van der Waals surface area contributed by atoms with Crippen LogP contribution in [0.2, 0.25) is 0 Å². The number of rotatable bonds is 9. The number of amides is 1. The summed E-state index contributed by atoms with van der Waals surface area (Å²) >= 11 is 0. The van der Waals surface area contributed by atoms with Crippen molar-refractivity contribution in [2.45, 2.75) is 39.0 Å². The van der Waals surface area contributed by atoms with Gasteiger partial charge in [-0.15, -0.1) is 0 Å². The average molecular weight is 356 g/mol. The molecule has 1 amide bonds. The molecule has 0 spiro atoms. The van der Waals surface area contributed by atoms with E-state index in [1.165, 1.54) is 7.05 Å². The van der Waals surface area contributed by atoms with Crippen molar-refractivity contribution in [1.29, 1.82) is 0 Å². The van der Waals surface area contributed by atoms with Crippen molar-refractivity contribution in [3.63, 3.8) is 0 Å². The Bertz CT molecular complexity index is 648. The molecule has 136 valence electrons. The van der Waals surface area contributed by atoms with Crippen molar-refractivity contribution in [1.82, 2.24) is 9.62 Å². The van der Waals surface area contributed by atoms with Crippen molar-refractivity contribution in [2.75, 3.05) is 33.4 Å². The molecule has 0 saturated heterocycles. The van der Waals surface area contributed by atoms with Crippen LogP contribution in [0.4, 0.5) is 0 Å². The SMILES string of the molecule is CCOCCCNC(=O)CN(C)S(=O)(=O)c1c(C)cc(C)cc1C. The van der Waals surface area contributed by atoms with Crippen LogP contribution in [0.15, 0.2) is 17.0 Å². The zero-order valence-corrected chi connectivity index (χ0v) is 16.0. The second-order valence-corrected chi connectivity index (χ2v) is 7.87. The quantitative estimate of drug-likeness (QED) is 0.684. The molecule has 0 aliphatic carbocycles. The lowest BCUT2D eigenvalue weighted by Crippen LogP contribution is -2.39. The molecule has 0 heterocycles. The summed E-state index contributed by atoms with van der Waals surface area (Å²) in [4.78, 5) is 12.2. The van der Waals surface area contributed by atoms with E-state index in [1.54, 1.807) is 13.8 Å². The standard InChI is InChI=1S/C17H28N2O4S/c1-6-23-9-7-8-18-16(20)12-19(5)24(21,22)17-14(3)10-13(2)11-15(17)4/h10-11H,6-9,12H2,1-5H3,(H,18,20). The van der Waals surface area contributed by atoms with E-state index in [4.69, 9.17) is 4.74 Å². The number of nitrogens with one attached hydrogen (secondary N) is 1. The van der Waals surface area contributed by atoms with Gasteiger partial charge in [-0.3, -0.25) is 4.79 Å². The molecule has 7 heteroatoms. The first-order valence-corrected chi connectivity index (χ1v) is 9.52. The molecule has 1 aromatic rings. The van der Waals surface area contributed by atoms with Crippen molar-refractivity contribution >= 4 is 15.9 Å². The molecule has 0 saturated carbocycles. The fraction of sp³-hybridized carbons (Fsp3) is 0.588. The average Bonchev–Trinajstić information content (AvgIpc) is 2.45. The highest BCUT2D eigenvalue weighted by atomic mass is 32.2. The number of ether oxygens (including phenoxy) is 1. The topological polar surface area (TPSA) is 75.7 Å². The maximum absolute atomic E-state index is 12.8. The van der Waals surface area contributed by atoms with Gasteiger partial charge >= 0.3 is 0 Å². The number of hydrogen-bond donors (Lipinski definition) is 1. The molecule has 0 aliphatic heterocycles. The van der Waals surface area contributed by atoms with E-state index >= 15 is 0 Å². The third-order valence-corrected chi connectivity index (χ3v) is 5.74. The van der Waals surface area contributed by atoms with Gasteiger partial charge in [0.1, 0.15) is 0 Å². The Labute approximate surface area is 145 Å². The molecule has 0 aromatic heterocycles. The van der Waals surface area contributed by atoms with Crippen LogP contribution in [-0.4, -0.2) is 52.0 Å². The summed E-state index contributed by atoms with van der Waals surface area (Å²) in [6.07, 6.45) is 0.701. The van der Waals surface area contributed by atoms with Crippen LogP contribution >= 0.6 is 0 Å². The number of sulfonamides is 1. The first-order valence-electron chi connectivity index (χ1n) is 8.08. The number of benzene rings is 1. The highest BCUT2D eigenvalue weighted by Crippen LogP contribution is 2.24. The van der Waals surface area contributed by atoms with E-state index in [1.807, 2.05) is 26.0 Å². The van der Waals surface area contributed by atoms with Gasteiger partial charge in [0, 0.05) is 26.8 Å². The fourth-order valence-electron chi connectivity index (χ4n) is 2.62. The summed E-state index contributed by atoms with van der Waals surface area (Å²) in [5, 5.41) is 2.71. The molecule has 0 radical (unpaired) electrons. The highest BCUT2D eigenvalue weighted by molar-refractivity contribution is 7.89. The third kappa shape index (κ3) is 5.58. The van der Waals surface area contributed by atoms with Crippen LogP contribution in [0.25, 0.3) is 0 Å². The predicted molar refractivity (Wildman–Crippen MR) is 94.6 cm³/mol. The molecule has 1 aromatic carbocycles. The summed E-state index contributed by atoms with van der Waals surface area (Å²) < 4.78 is 31.8.